The zero-order valence-corrected chi connectivity index (χ0v) is 12.1. The van der Waals surface area contributed by atoms with E-state index in [4.69, 9.17) is 18.0 Å². The van der Waals surface area contributed by atoms with E-state index in [1.807, 2.05) is 6.92 Å². The first-order valence-electron chi connectivity index (χ1n) is 6.05. The van der Waals surface area contributed by atoms with Crippen molar-refractivity contribution in [2.24, 2.45) is 11.7 Å². The summed E-state index contributed by atoms with van der Waals surface area (Å²) in [7, 11) is 3.04. The van der Waals surface area contributed by atoms with Crippen molar-refractivity contribution in [2.45, 2.75) is 32.6 Å². The van der Waals surface area contributed by atoms with Crippen molar-refractivity contribution in [3.05, 3.63) is 0 Å². The van der Waals surface area contributed by atoms with Gasteiger partial charge >= 0.3 is 5.97 Å². The lowest BCUT2D eigenvalue weighted by Crippen LogP contribution is -2.39. The Balaban J connectivity index is 4.22. The summed E-state index contributed by atoms with van der Waals surface area (Å²) in [5, 5.41) is 0. The van der Waals surface area contributed by atoms with Crippen LogP contribution in [0.15, 0.2) is 0 Å². The maximum atomic E-state index is 12.1. The molecule has 0 aliphatic carbocycles. The minimum atomic E-state index is -0.395. The number of methoxy groups -OCH3 is 1. The van der Waals surface area contributed by atoms with Gasteiger partial charge in [0.1, 0.15) is 0 Å². The molecule has 1 unspecified atom stereocenters. The monoisotopic (exact) mass is 274 g/mol. The van der Waals surface area contributed by atoms with Crippen molar-refractivity contribution in [1.29, 1.82) is 0 Å². The summed E-state index contributed by atoms with van der Waals surface area (Å²) in [6, 6.07) is 0. The maximum absolute atomic E-state index is 12.1. The van der Waals surface area contributed by atoms with Crippen LogP contribution in [-0.4, -0.2) is 42.5 Å². The molecule has 5 nitrogen and oxygen atoms in total. The number of carbonyl (C=O) groups excluding carboxylic acids is 2. The second-order valence-electron chi connectivity index (χ2n) is 4.18. The molecule has 0 radical (unpaired) electrons. The van der Waals surface area contributed by atoms with Crippen LogP contribution in [-0.2, 0) is 14.3 Å². The average Bonchev–Trinajstić information content (AvgIpc) is 2.34. The molecule has 1 amide bonds. The molecule has 0 aromatic rings. The van der Waals surface area contributed by atoms with Crippen LogP contribution in [0.2, 0.25) is 0 Å². The van der Waals surface area contributed by atoms with Crippen LogP contribution in [0.1, 0.15) is 32.6 Å². The second kappa shape index (κ2) is 8.85. The minimum Gasteiger partial charge on any atom is -0.469 e. The van der Waals surface area contributed by atoms with Crippen molar-refractivity contribution in [1.82, 2.24) is 4.90 Å². The van der Waals surface area contributed by atoms with E-state index in [0.29, 0.717) is 25.8 Å². The minimum absolute atomic E-state index is 0.0748. The third-order valence-corrected chi connectivity index (χ3v) is 2.98. The molecule has 0 rings (SSSR count). The first-order chi connectivity index (χ1) is 8.43. The lowest BCUT2D eigenvalue weighted by Gasteiger charge is -2.22. The number of hydrogen-bond donors (Lipinski definition) is 1. The third-order valence-electron chi connectivity index (χ3n) is 2.70. The first-order valence-corrected chi connectivity index (χ1v) is 6.45. The molecule has 0 fully saturated rings. The van der Waals surface area contributed by atoms with Crippen LogP contribution < -0.4 is 5.73 Å². The number of amides is 1. The molecule has 0 saturated heterocycles. The summed E-state index contributed by atoms with van der Waals surface area (Å²) in [5.41, 5.74) is 5.57. The fraction of sp³-hybridized carbons (Fsp3) is 0.750. The Morgan fingerprint density at radius 2 is 2.06 bits per heavy atom. The van der Waals surface area contributed by atoms with Gasteiger partial charge in [0.25, 0.3) is 0 Å². The predicted octanol–water partition coefficient (Wildman–Crippen LogP) is 1.10. The molecular weight excluding hydrogens is 252 g/mol. The van der Waals surface area contributed by atoms with Gasteiger partial charge in [-0.25, -0.2) is 0 Å². The number of ether oxygens (including phenoxy) is 1. The van der Waals surface area contributed by atoms with Gasteiger partial charge in [0.15, 0.2) is 0 Å². The summed E-state index contributed by atoms with van der Waals surface area (Å²) in [5.74, 6) is -0.738. The molecular formula is C12H22N2O3S. The SMILES string of the molecule is CCCC(C(=O)N(C)CCCC(=O)OC)C(N)=S. The van der Waals surface area contributed by atoms with Gasteiger partial charge in [-0.3, -0.25) is 9.59 Å². The average molecular weight is 274 g/mol. The molecule has 104 valence electrons. The summed E-state index contributed by atoms with van der Waals surface area (Å²) in [6.45, 7) is 2.48. The number of nitrogens with zero attached hydrogens (tertiary/aromatic N) is 1. The molecule has 1 atom stereocenters. The molecule has 0 spiro atoms. The van der Waals surface area contributed by atoms with Crippen molar-refractivity contribution in [2.75, 3.05) is 20.7 Å². The standard InChI is InChI=1S/C12H22N2O3S/c1-4-6-9(11(13)18)12(16)14(2)8-5-7-10(15)17-3/h9H,4-8H2,1-3H3,(H2,13,18). The van der Waals surface area contributed by atoms with Crippen molar-refractivity contribution in [3.8, 4) is 0 Å². The number of rotatable bonds is 8. The van der Waals surface area contributed by atoms with Crippen molar-refractivity contribution in [3.63, 3.8) is 0 Å². The molecule has 0 aliphatic rings. The first kappa shape index (κ1) is 16.8. The van der Waals surface area contributed by atoms with E-state index in [0.717, 1.165) is 6.42 Å². The highest BCUT2D eigenvalue weighted by Gasteiger charge is 2.23. The van der Waals surface area contributed by atoms with Crippen LogP contribution >= 0.6 is 12.2 Å². The van der Waals surface area contributed by atoms with Crippen LogP contribution in [0.5, 0.6) is 0 Å². The number of thiocarbonyl (C=S) groups is 1. The summed E-state index contributed by atoms with van der Waals surface area (Å²) in [6.07, 6.45) is 2.39. The summed E-state index contributed by atoms with van der Waals surface area (Å²) < 4.78 is 4.53. The van der Waals surface area contributed by atoms with Crippen LogP contribution in [0, 0.1) is 5.92 Å². The smallest absolute Gasteiger partial charge is 0.305 e. The van der Waals surface area contributed by atoms with Crippen molar-refractivity contribution < 1.29 is 14.3 Å². The van der Waals surface area contributed by atoms with E-state index in [1.54, 1.807) is 11.9 Å². The normalized spacial score (nSPS) is 11.7. The number of nitrogens with two attached hydrogens (primary N) is 1. The second-order valence-corrected chi connectivity index (χ2v) is 4.65. The Morgan fingerprint density at radius 3 is 2.50 bits per heavy atom. The van der Waals surface area contributed by atoms with Gasteiger partial charge < -0.3 is 15.4 Å². The highest BCUT2D eigenvalue weighted by molar-refractivity contribution is 7.80. The van der Waals surface area contributed by atoms with E-state index >= 15 is 0 Å². The molecule has 2 N–H and O–H groups in total. The Hall–Kier alpha value is -1.17. The molecule has 18 heavy (non-hydrogen) atoms. The Morgan fingerprint density at radius 1 is 1.44 bits per heavy atom. The molecule has 0 aromatic heterocycles. The van der Waals surface area contributed by atoms with Gasteiger partial charge in [0.05, 0.1) is 18.0 Å². The Kier molecular flexibility index (Phi) is 8.28. The maximum Gasteiger partial charge on any atom is 0.305 e. The van der Waals surface area contributed by atoms with Crippen LogP contribution in [0.4, 0.5) is 0 Å². The molecule has 0 aliphatic heterocycles. The fourth-order valence-corrected chi connectivity index (χ4v) is 1.83. The van der Waals surface area contributed by atoms with Gasteiger partial charge in [0, 0.05) is 20.0 Å². The molecule has 0 heterocycles. The predicted molar refractivity (Wildman–Crippen MR) is 74.1 cm³/mol. The largest absolute Gasteiger partial charge is 0.469 e. The molecule has 0 saturated carbocycles. The van der Waals surface area contributed by atoms with E-state index < -0.39 is 5.92 Å². The van der Waals surface area contributed by atoms with Gasteiger partial charge in [-0.2, -0.15) is 0 Å². The van der Waals surface area contributed by atoms with Gasteiger partial charge in [-0.05, 0) is 12.8 Å². The fourth-order valence-electron chi connectivity index (χ4n) is 1.61. The quantitative estimate of drug-likeness (QED) is 0.530. The molecule has 0 bridgehead atoms. The summed E-state index contributed by atoms with van der Waals surface area (Å²) in [4.78, 5) is 24.8. The van der Waals surface area contributed by atoms with Crippen LogP contribution in [0.25, 0.3) is 0 Å². The Bertz CT molecular complexity index is 308. The number of carbonyl (C=O) groups is 2. The van der Waals surface area contributed by atoms with Crippen LogP contribution in [0.3, 0.4) is 0 Å². The van der Waals surface area contributed by atoms with E-state index in [-0.39, 0.29) is 16.9 Å². The molecule has 0 aromatic carbocycles. The number of hydrogen-bond acceptors (Lipinski definition) is 4. The van der Waals surface area contributed by atoms with Gasteiger partial charge in [-0.15, -0.1) is 0 Å². The Labute approximate surface area is 114 Å². The van der Waals surface area contributed by atoms with E-state index in [1.165, 1.54) is 7.11 Å². The lowest BCUT2D eigenvalue weighted by atomic mass is 10.0. The lowest BCUT2D eigenvalue weighted by molar-refractivity contribution is -0.141. The summed E-state index contributed by atoms with van der Waals surface area (Å²) >= 11 is 4.91. The van der Waals surface area contributed by atoms with E-state index in [2.05, 4.69) is 4.74 Å². The van der Waals surface area contributed by atoms with E-state index in [9.17, 15) is 9.59 Å². The highest BCUT2D eigenvalue weighted by atomic mass is 32.1. The topological polar surface area (TPSA) is 72.6 Å². The van der Waals surface area contributed by atoms with Gasteiger partial charge in [0.2, 0.25) is 5.91 Å². The van der Waals surface area contributed by atoms with Gasteiger partial charge in [-0.1, -0.05) is 25.6 Å². The number of esters is 1. The zero-order chi connectivity index (χ0) is 14.1. The molecule has 6 heteroatoms. The third kappa shape index (κ3) is 5.95. The highest BCUT2D eigenvalue weighted by Crippen LogP contribution is 2.11. The zero-order valence-electron chi connectivity index (χ0n) is 11.3. The van der Waals surface area contributed by atoms with Crippen molar-refractivity contribution >= 4 is 29.1 Å².